The molecule has 18 heavy (non-hydrogen) atoms. The molecule has 1 fully saturated rings. The Balaban J connectivity index is 2.11. The van der Waals surface area contributed by atoms with E-state index in [0.29, 0.717) is 12.0 Å². The van der Waals surface area contributed by atoms with Crippen molar-refractivity contribution in [1.29, 1.82) is 0 Å². The monoisotopic (exact) mass is 263 g/mol. The smallest absolute Gasteiger partial charge is 0.201 e. The van der Waals surface area contributed by atoms with E-state index in [1.807, 2.05) is 12.1 Å². The third-order valence-corrected chi connectivity index (χ3v) is 5.04. The minimum Gasteiger partial charge on any atom is -0.369 e. The average Bonchev–Trinajstić information content (AvgIpc) is 2.68. The van der Waals surface area contributed by atoms with Crippen molar-refractivity contribution in [2.75, 3.05) is 17.2 Å². The highest BCUT2D eigenvalue weighted by Gasteiger charge is 2.23. The van der Waals surface area contributed by atoms with Crippen LogP contribution in [0.1, 0.15) is 24.4 Å². The molecule has 1 aliphatic heterocycles. The summed E-state index contributed by atoms with van der Waals surface area (Å²) in [7, 11) is -0.643. The van der Waals surface area contributed by atoms with E-state index in [0.717, 1.165) is 35.4 Å². The van der Waals surface area contributed by atoms with Gasteiger partial charge in [0.1, 0.15) is 0 Å². The van der Waals surface area contributed by atoms with E-state index in [1.165, 1.54) is 5.56 Å². The van der Waals surface area contributed by atoms with Crippen LogP contribution in [0, 0.1) is 6.92 Å². The van der Waals surface area contributed by atoms with Gasteiger partial charge in [0.2, 0.25) is 5.95 Å². The van der Waals surface area contributed by atoms with Crippen LogP contribution in [0.25, 0.3) is 11.0 Å². The van der Waals surface area contributed by atoms with Gasteiger partial charge in [-0.25, -0.2) is 4.98 Å². The summed E-state index contributed by atoms with van der Waals surface area (Å²) in [6.07, 6.45) is 1.85. The molecule has 0 amide bonds. The van der Waals surface area contributed by atoms with Gasteiger partial charge in [-0.1, -0.05) is 12.1 Å². The van der Waals surface area contributed by atoms with E-state index in [-0.39, 0.29) is 0 Å². The van der Waals surface area contributed by atoms with Crippen LogP contribution < -0.4 is 5.73 Å². The summed E-state index contributed by atoms with van der Waals surface area (Å²) in [6.45, 7) is 2.08. The summed E-state index contributed by atoms with van der Waals surface area (Å²) < 4.78 is 13.6. The van der Waals surface area contributed by atoms with Crippen molar-refractivity contribution in [3.05, 3.63) is 23.8 Å². The first kappa shape index (κ1) is 11.7. The molecule has 2 heterocycles. The Morgan fingerprint density at radius 2 is 2.11 bits per heavy atom. The number of hydrogen-bond donors (Lipinski definition) is 1. The number of benzene rings is 1. The Bertz CT molecular complexity index is 610. The zero-order valence-corrected chi connectivity index (χ0v) is 11.2. The fourth-order valence-electron chi connectivity index (χ4n) is 2.75. The highest BCUT2D eigenvalue weighted by atomic mass is 32.2. The number of para-hydroxylation sites is 1. The molecule has 1 saturated heterocycles. The van der Waals surface area contributed by atoms with Gasteiger partial charge in [-0.15, -0.1) is 0 Å². The van der Waals surface area contributed by atoms with E-state index in [2.05, 4.69) is 22.5 Å². The summed E-state index contributed by atoms with van der Waals surface area (Å²) >= 11 is 0. The third-order valence-electron chi connectivity index (χ3n) is 3.66. The van der Waals surface area contributed by atoms with Crippen LogP contribution in [0.2, 0.25) is 0 Å². The number of nitrogen functional groups attached to an aromatic ring is 1. The lowest BCUT2D eigenvalue weighted by Gasteiger charge is -2.24. The SMILES string of the molecule is Cc1cccc2nc(N)n(C3CCS(=O)CC3)c12. The molecular formula is C13H17N3OS. The summed E-state index contributed by atoms with van der Waals surface area (Å²) in [5.41, 5.74) is 9.35. The molecule has 0 atom stereocenters. The van der Waals surface area contributed by atoms with Gasteiger partial charge in [0.25, 0.3) is 0 Å². The molecule has 1 aromatic carbocycles. The molecule has 1 aliphatic rings. The average molecular weight is 263 g/mol. The number of hydrogen-bond acceptors (Lipinski definition) is 3. The number of aromatic nitrogens is 2. The van der Waals surface area contributed by atoms with Crippen LogP contribution >= 0.6 is 0 Å². The second-order valence-corrected chi connectivity index (χ2v) is 6.56. The van der Waals surface area contributed by atoms with Crippen molar-refractivity contribution < 1.29 is 4.21 Å². The maximum atomic E-state index is 11.4. The van der Waals surface area contributed by atoms with Gasteiger partial charge < -0.3 is 10.3 Å². The minimum atomic E-state index is -0.643. The molecule has 3 rings (SSSR count). The Morgan fingerprint density at radius 3 is 2.83 bits per heavy atom. The van der Waals surface area contributed by atoms with Gasteiger partial charge >= 0.3 is 0 Å². The molecule has 5 heteroatoms. The first-order valence-corrected chi connectivity index (χ1v) is 7.73. The third kappa shape index (κ3) is 1.82. The number of nitrogens with two attached hydrogens (primary N) is 1. The number of fused-ring (bicyclic) bond motifs is 1. The molecule has 0 bridgehead atoms. The predicted molar refractivity (Wildman–Crippen MR) is 75.0 cm³/mol. The molecule has 2 aromatic rings. The van der Waals surface area contributed by atoms with Crippen LogP contribution in [0.4, 0.5) is 5.95 Å². The van der Waals surface area contributed by atoms with Crippen LogP contribution in [0.5, 0.6) is 0 Å². The van der Waals surface area contributed by atoms with Gasteiger partial charge in [0.15, 0.2) is 0 Å². The lowest BCUT2D eigenvalue weighted by molar-refractivity contribution is 0.478. The van der Waals surface area contributed by atoms with Gasteiger partial charge in [-0.05, 0) is 31.4 Å². The van der Waals surface area contributed by atoms with Crippen molar-refractivity contribution in [2.24, 2.45) is 0 Å². The van der Waals surface area contributed by atoms with Crippen molar-refractivity contribution >= 4 is 27.8 Å². The highest BCUT2D eigenvalue weighted by molar-refractivity contribution is 7.85. The molecule has 2 N–H and O–H groups in total. The second-order valence-electron chi connectivity index (χ2n) is 4.86. The van der Waals surface area contributed by atoms with Crippen LogP contribution in [0.3, 0.4) is 0 Å². The fraction of sp³-hybridized carbons (Fsp3) is 0.462. The zero-order valence-electron chi connectivity index (χ0n) is 10.4. The van der Waals surface area contributed by atoms with E-state index >= 15 is 0 Å². The Hall–Kier alpha value is -1.36. The number of nitrogens with zero attached hydrogens (tertiary/aromatic N) is 2. The van der Waals surface area contributed by atoms with Gasteiger partial charge in [0, 0.05) is 28.3 Å². The largest absolute Gasteiger partial charge is 0.369 e. The van der Waals surface area contributed by atoms with Crippen molar-refractivity contribution in [1.82, 2.24) is 9.55 Å². The zero-order chi connectivity index (χ0) is 12.7. The van der Waals surface area contributed by atoms with Crippen molar-refractivity contribution in [3.8, 4) is 0 Å². The fourth-order valence-corrected chi connectivity index (χ4v) is 4.02. The quantitative estimate of drug-likeness (QED) is 0.856. The molecule has 1 aromatic heterocycles. The van der Waals surface area contributed by atoms with Crippen molar-refractivity contribution in [3.63, 3.8) is 0 Å². The van der Waals surface area contributed by atoms with Crippen LogP contribution in [0.15, 0.2) is 18.2 Å². The molecular weight excluding hydrogens is 246 g/mol. The summed E-state index contributed by atoms with van der Waals surface area (Å²) in [6, 6.07) is 6.43. The first-order chi connectivity index (χ1) is 8.66. The van der Waals surface area contributed by atoms with E-state index in [1.54, 1.807) is 0 Å². The normalized spacial score (nSPS) is 24.5. The lowest BCUT2D eigenvalue weighted by atomic mass is 10.1. The number of aryl methyl sites for hydroxylation is 1. The predicted octanol–water partition coefficient (Wildman–Crippen LogP) is 2.01. The molecule has 0 radical (unpaired) electrons. The topological polar surface area (TPSA) is 60.9 Å². The molecule has 0 unspecified atom stereocenters. The molecule has 96 valence electrons. The standard InChI is InChI=1S/C13H17N3OS/c1-9-3-2-4-11-12(9)16(13(14)15-11)10-5-7-18(17)8-6-10/h2-4,10H,5-8H2,1H3,(H2,14,15). The van der Waals surface area contributed by atoms with Crippen LogP contribution in [-0.2, 0) is 10.8 Å². The number of rotatable bonds is 1. The van der Waals surface area contributed by atoms with E-state index < -0.39 is 10.8 Å². The summed E-state index contributed by atoms with van der Waals surface area (Å²) in [5, 5.41) is 0. The maximum absolute atomic E-state index is 11.4. The summed E-state index contributed by atoms with van der Waals surface area (Å²) in [4.78, 5) is 4.43. The van der Waals surface area contributed by atoms with Gasteiger partial charge in [-0.3, -0.25) is 4.21 Å². The molecule has 4 nitrogen and oxygen atoms in total. The molecule has 0 aliphatic carbocycles. The second kappa shape index (κ2) is 4.39. The Morgan fingerprint density at radius 1 is 1.39 bits per heavy atom. The Labute approximate surface area is 109 Å². The highest BCUT2D eigenvalue weighted by Crippen LogP contribution is 2.31. The number of anilines is 1. The maximum Gasteiger partial charge on any atom is 0.201 e. The lowest BCUT2D eigenvalue weighted by Crippen LogP contribution is -2.22. The van der Waals surface area contributed by atoms with E-state index in [9.17, 15) is 4.21 Å². The van der Waals surface area contributed by atoms with Gasteiger partial charge in [-0.2, -0.15) is 0 Å². The summed E-state index contributed by atoms with van der Waals surface area (Å²) in [5.74, 6) is 2.13. The van der Waals surface area contributed by atoms with E-state index in [4.69, 9.17) is 5.73 Å². The Kier molecular flexibility index (Phi) is 2.86. The first-order valence-electron chi connectivity index (χ1n) is 6.25. The molecule has 0 spiro atoms. The van der Waals surface area contributed by atoms with Gasteiger partial charge in [0.05, 0.1) is 11.0 Å². The van der Waals surface area contributed by atoms with Crippen molar-refractivity contribution in [2.45, 2.75) is 25.8 Å². The minimum absolute atomic E-state index is 0.341. The molecule has 0 saturated carbocycles. The van der Waals surface area contributed by atoms with Crippen LogP contribution in [-0.4, -0.2) is 25.3 Å². The number of imidazole rings is 1.